The number of carboxylic acids is 2. The van der Waals surface area contributed by atoms with Crippen LogP contribution >= 0.6 is 0 Å². The molecule has 0 saturated carbocycles. The first-order chi connectivity index (χ1) is 6.90. The number of hydrogen-bond acceptors (Lipinski definition) is 4. The van der Waals surface area contributed by atoms with Crippen molar-refractivity contribution in [2.75, 3.05) is 0 Å². The van der Waals surface area contributed by atoms with E-state index in [4.69, 9.17) is 10.2 Å². The summed E-state index contributed by atoms with van der Waals surface area (Å²) in [6.07, 6.45) is 0.677. The number of rotatable bonds is 6. The zero-order valence-corrected chi connectivity index (χ0v) is 8.23. The summed E-state index contributed by atoms with van der Waals surface area (Å²) < 4.78 is 4.39. The maximum absolute atomic E-state index is 10.8. The van der Waals surface area contributed by atoms with Crippen LogP contribution in [0.25, 0.3) is 0 Å². The Bertz CT molecular complexity index is 284. The third-order valence-corrected chi connectivity index (χ3v) is 1.73. The van der Waals surface area contributed by atoms with Gasteiger partial charge in [0.25, 0.3) is 0 Å². The van der Waals surface area contributed by atoms with E-state index in [1.165, 1.54) is 0 Å². The Morgan fingerprint density at radius 1 is 1.31 bits per heavy atom. The molecule has 0 aromatic heterocycles. The van der Waals surface area contributed by atoms with E-state index in [-0.39, 0.29) is 50.6 Å². The summed E-state index contributed by atoms with van der Waals surface area (Å²) in [7, 11) is 0. The van der Waals surface area contributed by atoms with Gasteiger partial charge in [0.05, 0.1) is 0 Å². The van der Waals surface area contributed by atoms with Crippen LogP contribution in [0.15, 0.2) is 12.7 Å². The number of aliphatic carboxylic acids is 2. The van der Waals surface area contributed by atoms with Crippen LogP contribution in [-0.2, 0) is 19.1 Å². The van der Waals surface area contributed by atoms with Gasteiger partial charge in [0, 0.05) is 12.5 Å². The number of carboxylic acid groups (broad SMARTS) is 2. The Balaban J connectivity index is 0. The number of ether oxygens (including phenoxy) is 1. The van der Waals surface area contributed by atoms with Gasteiger partial charge in [-0.15, -0.1) is 0 Å². The fraction of sp³-hybridized carbons (Fsp3) is 0.444. The Hall–Kier alpha value is -0.590. The van der Waals surface area contributed by atoms with Gasteiger partial charge in [0.15, 0.2) is 0 Å². The van der Waals surface area contributed by atoms with Crippen molar-refractivity contribution in [3.05, 3.63) is 12.7 Å². The molecular formula is C9H14CaO6. The van der Waals surface area contributed by atoms with Crippen LogP contribution in [0.3, 0.4) is 0 Å². The summed E-state index contributed by atoms with van der Waals surface area (Å²) in [5.74, 6) is -4.48. The van der Waals surface area contributed by atoms with Gasteiger partial charge in [0.1, 0.15) is 0 Å². The first kappa shape index (κ1) is 17.8. The number of esters is 1. The zero-order chi connectivity index (χ0) is 12.1. The summed E-state index contributed by atoms with van der Waals surface area (Å²) in [5.41, 5.74) is -2.51. The number of carbonyl (C=O) groups excluding carboxylic acids is 1. The van der Waals surface area contributed by atoms with Crippen LogP contribution in [0.4, 0.5) is 0 Å². The number of carbonyl (C=O) groups is 3. The van der Waals surface area contributed by atoms with Crippen molar-refractivity contribution in [1.29, 1.82) is 0 Å². The van der Waals surface area contributed by atoms with E-state index in [9.17, 15) is 14.4 Å². The molecule has 6 nitrogen and oxygen atoms in total. The second-order valence-electron chi connectivity index (χ2n) is 2.81. The van der Waals surface area contributed by atoms with E-state index in [0.29, 0.717) is 0 Å². The van der Waals surface area contributed by atoms with Gasteiger partial charge in [-0.05, 0) is 0 Å². The van der Waals surface area contributed by atoms with Crippen LogP contribution < -0.4 is 0 Å². The molecule has 0 aliphatic carbocycles. The SMILES string of the molecule is C=CC(=O)OC(CCC)(C(=O)O)C(=O)O.[CaH2]. The van der Waals surface area contributed by atoms with Gasteiger partial charge >= 0.3 is 61.2 Å². The van der Waals surface area contributed by atoms with Crippen LogP contribution in [0.2, 0.25) is 0 Å². The molecule has 7 heteroatoms. The average Bonchev–Trinajstić information content (AvgIpc) is 2.15. The zero-order valence-electron chi connectivity index (χ0n) is 8.23. The second-order valence-corrected chi connectivity index (χ2v) is 2.81. The average molecular weight is 258 g/mol. The molecule has 0 amide bonds. The van der Waals surface area contributed by atoms with E-state index in [0.717, 1.165) is 6.08 Å². The van der Waals surface area contributed by atoms with Crippen LogP contribution in [0, 0.1) is 0 Å². The molecule has 0 bridgehead atoms. The quantitative estimate of drug-likeness (QED) is 0.288. The molecule has 88 valence electrons. The normalized spacial score (nSPS) is 9.81. The Morgan fingerprint density at radius 3 is 2.00 bits per heavy atom. The molecule has 0 aromatic rings. The summed E-state index contributed by atoms with van der Waals surface area (Å²) in [6.45, 7) is 4.65. The fourth-order valence-corrected chi connectivity index (χ4v) is 1.01. The van der Waals surface area contributed by atoms with E-state index >= 15 is 0 Å². The molecule has 0 rings (SSSR count). The van der Waals surface area contributed by atoms with Crippen molar-refractivity contribution in [1.82, 2.24) is 0 Å². The molecule has 0 unspecified atom stereocenters. The van der Waals surface area contributed by atoms with E-state index < -0.39 is 23.5 Å². The minimum absolute atomic E-state index is 0. The van der Waals surface area contributed by atoms with Crippen molar-refractivity contribution in [2.45, 2.75) is 25.4 Å². The summed E-state index contributed by atoms with van der Waals surface area (Å²) in [4.78, 5) is 32.5. The first-order valence-electron chi connectivity index (χ1n) is 4.23. The summed E-state index contributed by atoms with van der Waals surface area (Å²) in [6, 6.07) is 0. The predicted molar refractivity (Wildman–Crippen MR) is 57.7 cm³/mol. The third-order valence-electron chi connectivity index (χ3n) is 1.73. The monoisotopic (exact) mass is 258 g/mol. The summed E-state index contributed by atoms with van der Waals surface area (Å²) in [5, 5.41) is 17.6. The van der Waals surface area contributed by atoms with E-state index in [2.05, 4.69) is 11.3 Å². The molecular weight excluding hydrogens is 244 g/mol. The first-order valence-corrected chi connectivity index (χ1v) is 4.23. The third kappa shape index (κ3) is 4.11. The van der Waals surface area contributed by atoms with Crippen molar-refractivity contribution >= 4 is 55.6 Å². The van der Waals surface area contributed by atoms with Gasteiger partial charge in [0.2, 0.25) is 0 Å². The van der Waals surface area contributed by atoms with Gasteiger partial charge in [-0.25, -0.2) is 14.4 Å². The van der Waals surface area contributed by atoms with Crippen molar-refractivity contribution in [2.24, 2.45) is 0 Å². The molecule has 2 N–H and O–H groups in total. The van der Waals surface area contributed by atoms with Crippen LogP contribution in [0.5, 0.6) is 0 Å². The van der Waals surface area contributed by atoms with Gasteiger partial charge in [-0.3, -0.25) is 0 Å². The number of hydrogen-bond donors (Lipinski definition) is 2. The Labute approximate surface area is 122 Å². The maximum atomic E-state index is 10.8. The molecule has 0 aromatic carbocycles. The topological polar surface area (TPSA) is 101 Å². The molecule has 0 atom stereocenters. The summed E-state index contributed by atoms with van der Waals surface area (Å²) >= 11 is 0. The predicted octanol–water partition coefficient (Wildman–Crippen LogP) is -0.492. The van der Waals surface area contributed by atoms with Crippen molar-refractivity contribution in [3.8, 4) is 0 Å². The van der Waals surface area contributed by atoms with Gasteiger partial charge < -0.3 is 14.9 Å². The minimum atomic E-state index is -2.51. The molecule has 0 heterocycles. The molecule has 0 radical (unpaired) electrons. The van der Waals surface area contributed by atoms with E-state index in [1.54, 1.807) is 6.92 Å². The molecule has 0 fully saturated rings. The fourth-order valence-electron chi connectivity index (χ4n) is 1.01. The van der Waals surface area contributed by atoms with E-state index in [1.807, 2.05) is 0 Å². The Kier molecular flexibility index (Phi) is 8.50. The van der Waals surface area contributed by atoms with Crippen molar-refractivity contribution in [3.63, 3.8) is 0 Å². The van der Waals surface area contributed by atoms with Gasteiger partial charge in [-0.2, -0.15) is 0 Å². The molecule has 0 spiro atoms. The van der Waals surface area contributed by atoms with Crippen molar-refractivity contribution < 1.29 is 29.3 Å². The van der Waals surface area contributed by atoms with Crippen LogP contribution in [-0.4, -0.2) is 71.5 Å². The second kappa shape index (κ2) is 7.65. The van der Waals surface area contributed by atoms with Gasteiger partial charge in [-0.1, -0.05) is 19.9 Å². The molecule has 0 aliphatic heterocycles. The Morgan fingerprint density at radius 2 is 1.75 bits per heavy atom. The van der Waals surface area contributed by atoms with Crippen LogP contribution in [0.1, 0.15) is 19.8 Å². The standard InChI is InChI=1S/C9H12O6.Ca.2H/c1-3-5-9(7(11)12,8(13)14)15-6(10)4-2;;;/h4H,2-3,5H2,1H3,(H,11,12)(H,13,14);;;. The molecule has 0 aliphatic rings. The molecule has 16 heavy (non-hydrogen) atoms. The molecule has 0 saturated heterocycles.